The van der Waals surface area contributed by atoms with Crippen LogP contribution < -0.4 is 4.74 Å². The van der Waals surface area contributed by atoms with Gasteiger partial charge >= 0.3 is 5.97 Å². The molecule has 4 aliphatic rings. The molecule has 3 heterocycles. The van der Waals surface area contributed by atoms with Crippen LogP contribution in [0.5, 0.6) is 5.75 Å². The van der Waals surface area contributed by atoms with E-state index in [9.17, 15) is 9.90 Å². The Labute approximate surface area is 274 Å². The normalized spacial score (nSPS) is 33.4. The Morgan fingerprint density at radius 1 is 1.13 bits per heavy atom. The van der Waals surface area contributed by atoms with Crippen molar-refractivity contribution < 1.29 is 28.8 Å². The van der Waals surface area contributed by atoms with Gasteiger partial charge in [-0.25, -0.2) is 9.48 Å². The van der Waals surface area contributed by atoms with E-state index in [0.717, 1.165) is 42.7 Å². The summed E-state index contributed by atoms with van der Waals surface area (Å²) < 4.78 is 25.9. The van der Waals surface area contributed by atoms with Crippen LogP contribution in [-0.2, 0) is 25.6 Å². The predicted molar refractivity (Wildman–Crippen MR) is 171 cm³/mol. The highest BCUT2D eigenvalue weighted by Gasteiger charge is 2.60. The van der Waals surface area contributed by atoms with Gasteiger partial charge in [-0.2, -0.15) is 0 Å². The highest BCUT2D eigenvalue weighted by molar-refractivity contribution is 6.30. The number of rotatable bonds is 7. The molecule has 2 aromatic carbocycles. The molecule has 1 N–H and O–H groups in total. The van der Waals surface area contributed by atoms with Gasteiger partial charge in [0.05, 0.1) is 30.2 Å². The van der Waals surface area contributed by atoms with E-state index in [-0.39, 0.29) is 29.5 Å². The third kappa shape index (κ3) is 5.68. The molecule has 0 amide bonds. The minimum Gasteiger partial charge on any atom is -0.487 e. The number of aliphatic hydroxyl groups excluding tert-OH is 1. The molecular weight excluding hydrogens is 606 g/mol. The van der Waals surface area contributed by atoms with Crippen molar-refractivity contribution >= 4 is 17.6 Å². The fourth-order valence-electron chi connectivity index (χ4n) is 8.33. The molecule has 2 saturated heterocycles. The quantitative estimate of drug-likeness (QED) is 0.176. The molecular formula is C36H40ClN3O6. The van der Waals surface area contributed by atoms with Crippen LogP contribution in [-0.4, -0.2) is 51.5 Å². The van der Waals surface area contributed by atoms with Crippen molar-refractivity contribution in [3.63, 3.8) is 0 Å². The molecule has 0 bridgehead atoms. The Morgan fingerprint density at radius 3 is 2.65 bits per heavy atom. The van der Waals surface area contributed by atoms with E-state index >= 15 is 0 Å². The first-order valence-electron chi connectivity index (χ1n) is 16.0. The van der Waals surface area contributed by atoms with Crippen LogP contribution >= 0.6 is 11.6 Å². The smallest absolute Gasteiger partial charge is 0.336 e. The van der Waals surface area contributed by atoms with Crippen LogP contribution in [0.2, 0.25) is 5.02 Å². The molecule has 46 heavy (non-hydrogen) atoms. The largest absolute Gasteiger partial charge is 0.487 e. The van der Waals surface area contributed by atoms with Crippen molar-refractivity contribution in [3.8, 4) is 11.4 Å². The number of aromatic nitrogens is 3. The number of fused-ring (bicyclic) bond motifs is 3. The second-order valence-electron chi connectivity index (χ2n) is 13.6. The molecule has 9 nitrogen and oxygen atoms in total. The van der Waals surface area contributed by atoms with Crippen molar-refractivity contribution in [1.29, 1.82) is 0 Å². The summed E-state index contributed by atoms with van der Waals surface area (Å²) in [7, 11) is 0. The van der Waals surface area contributed by atoms with Crippen molar-refractivity contribution in [1.82, 2.24) is 15.0 Å². The first-order valence-corrected chi connectivity index (χ1v) is 16.4. The average Bonchev–Trinajstić information content (AvgIpc) is 3.65. The van der Waals surface area contributed by atoms with Gasteiger partial charge in [0.2, 0.25) is 0 Å². The van der Waals surface area contributed by atoms with Gasteiger partial charge in [0, 0.05) is 16.0 Å². The number of carbonyl (C=O) groups excluding carboxylic acids is 1. The molecule has 2 aliphatic heterocycles. The standard InChI is InChI=1S/C36H40ClN3O6/c1-22-4-15-31-35(2,29(22)14-13-28-30(41)20-44-33(28)42)17-16-32-36(31,3)21-45-34(46-32)23-5-11-27(12-6-23)43-19-25-18-40(39-38-25)26-9-7-24(37)8-10-26/h5-13,18,29-32,34,41H,1,4,14-17,19-21H2,2-3H3/b28-13+/t29-,30-,31?,32-,34?,35-,36+/m1/s1. The molecule has 2 unspecified atom stereocenters. The Kier molecular flexibility index (Phi) is 8.30. The van der Waals surface area contributed by atoms with Gasteiger partial charge in [0.25, 0.3) is 0 Å². The highest BCUT2D eigenvalue weighted by atomic mass is 35.5. The van der Waals surface area contributed by atoms with Crippen LogP contribution in [0, 0.1) is 22.7 Å². The summed E-state index contributed by atoms with van der Waals surface area (Å²) in [6, 6.07) is 15.3. The first kappa shape index (κ1) is 31.1. The number of carbonyl (C=O) groups is 1. The van der Waals surface area contributed by atoms with Gasteiger partial charge in [-0.15, -0.1) is 5.10 Å². The van der Waals surface area contributed by atoms with Crippen LogP contribution in [0.4, 0.5) is 0 Å². The van der Waals surface area contributed by atoms with Crippen LogP contribution in [0.1, 0.15) is 63.5 Å². The summed E-state index contributed by atoms with van der Waals surface area (Å²) in [5.41, 5.74) is 3.99. The van der Waals surface area contributed by atoms with Gasteiger partial charge in [-0.1, -0.05) is 61.0 Å². The average molecular weight is 646 g/mol. The van der Waals surface area contributed by atoms with Crippen molar-refractivity contribution in [2.45, 2.75) is 71.1 Å². The lowest BCUT2D eigenvalue weighted by Crippen LogP contribution is -2.60. The number of esters is 1. The van der Waals surface area contributed by atoms with E-state index in [1.807, 2.05) is 60.8 Å². The number of halogens is 1. The molecule has 3 aromatic rings. The van der Waals surface area contributed by atoms with E-state index in [0.29, 0.717) is 41.8 Å². The van der Waals surface area contributed by atoms with E-state index in [4.69, 9.17) is 30.5 Å². The minimum atomic E-state index is -0.846. The summed E-state index contributed by atoms with van der Waals surface area (Å²) in [5, 5.41) is 19.3. The molecule has 0 spiro atoms. The fourth-order valence-corrected chi connectivity index (χ4v) is 8.46. The maximum atomic E-state index is 12.1. The molecule has 7 atom stereocenters. The van der Waals surface area contributed by atoms with Crippen molar-refractivity contribution in [2.24, 2.45) is 22.7 Å². The molecule has 0 radical (unpaired) electrons. The summed E-state index contributed by atoms with van der Waals surface area (Å²) >= 11 is 5.99. The Bertz CT molecular complexity index is 1640. The van der Waals surface area contributed by atoms with Crippen molar-refractivity contribution in [2.75, 3.05) is 13.2 Å². The number of nitrogens with zero attached hydrogens (tertiary/aromatic N) is 3. The van der Waals surface area contributed by atoms with E-state index < -0.39 is 18.4 Å². The van der Waals surface area contributed by atoms with Gasteiger partial charge in [-0.3, -0.25) is 0 Å². The molecule has 7 rings (SSSR count). The third-order valence-corrected chi connectivity index (χ3v) is 11.1. The SMILES string of the molecule is C=C1CCC2[C@](C)(CC[C@H]3OC(c4ccc(OCc5cn(-c6ccc(Cl)cc6)nn5)cc4)OC[C@@]23C)[C@@H]1C/C=C1/C(=O)OC[C@H]1O. The van der Waals surface area contributed by atoms with Gasteiger partial charge in [-0.05, 0) is 85.8 Å². The summed E-state index contributed by atoms with van der Waals surface area (Å²) in [4.78, 5) is 12.1. The lowest BCUT2D eigenvalue weighted by atomic mass is 9.46. The number of benzene rings is 2. The van der Waals surface area contributed by atoms with Gasteiger partial charge < -0.3 is 24.1 Å². The monoisotopic (exact) mass is 645 g/mol. The maximum Gasteiger partial charge on any atom is 0.336 e. The Morgan fingerprint density at radius 2 is 1.91 bits per heavy atom. The van der Waals surface area contributed by atoms with Crippen LogP contribution in [0.15, 0.2) is 78.5 Å². The van der Waals surface area contributed by atoms with Crippen LogP contribution in [0.25, 0.3) is 5.69 Å². The Hall–Kier alpha value is -3.50. The summed E-state index contributed by atoms with van der Waals surface area (Å²) in [6.07, 6.45) is 7.08. The van der Waals surface area contributed by atoms with Crippen LogP contribution in [0.3, 0.4) is 0 Å². The fraction of sp³-hybridized carbons (Fsp3) is 0.472. The molecule has 2 aliphatic carbocycles. The minimum absolute atomic E-state index is 0.0101. The van der Waals surface area contributed by atoms with Crippen molar-refractivity contribution in [3.05, 3.63) is 94.8 Å². The molecule has 1 aromatic heterocycles. The Balaban J connectivity index is 0.982. The van der Waals surface area contributed by atoms with Gasteiger partial charge in [0.15, 0.2) is 6.29 Å². The summed E-state index contributed by atoms with van der Waals surface area (Å²) in [6.45, 7) is 10.1. The number of cyclic esters (lactones) is 1. The zero-order valence-electron chi connectivity index (χ0n) is 26.2. The zero-order chi connectivity index (χ0) is 32.1. The highest BCUT2D eigenvalue weighted by Crippen LogP contribution is 2.64. The number of allylic oxidation sites excluding steroid dienone is 2. The molecule has 2 saturated carbocycles. The predicted octanol–water partition coefficient (Wildman–Crippen LogP) is 6.54. The maximum absolute atomic E-state index is 12.1. The van der Waals surface area contributed by atoms with Gasteiger partial charge in [0.1, 0.15) is 30.8 Å². The number of hydrogen-bond donors (Lipinski definition) is 1. The van der Waals surface area contributed by atoms with E-state index in [1.165, 1.54) is 5.57 Å². The molecule has 10 heteroatoms. The second-order valence-corrected chi connectivity index (χ2v) is 14.1. The zero-order valence-corrected chi connectivity index (χ0v) is 27.0. The lowest BCUT2D eigenvalue weighted by Gasteiger charge is -2.62. The first-order chi connectivity index (χ1) is 22.1. The molecule has 242 valence electrons. The second kappa shape index (κ2) is 12.3. The topological polar surface area (TPSA) is 105 Å². The third-order valence-electron chi connectivity index (χ3n) is 10.9. The number of ether oxygens (including phenoxy) is 4. The summed E-state index contributed by atoms with van der Waals surface area (Å²) in [5.74, 6) is 0.901. The number of hydrogen-bond acceptors (Lipinski definition) is 8. The lowest BCUT2D eigenvalue weighted by molar-refractivity contribution is -0.307. The molecule has 4 fully saturated rings. The number of aliphatic hydroxyl groups is 1. The van der Waals surface area contributed by atoms with E-state index in [2.05, 4.69) is 30.7 Å². The van der Waals surface area contributed by atoms with E-state index in [1.54, 1.807) is 4.68 Å².